The molecule has 1 spiro atoms. The van der Waals surface area contributed by atoms with Crippen LogP contribution >= 0.6 is 0 Å². The fraction of sp³-hybridized carbons (Fsp3) is 0.864. The lowest BCUT2D eigenvalue weighted by Crippen LogP contribution is -2.42. The molecule has 5 aliphatic rings. The molecule has 0 radical (unpaired) electrons. The van der Waals surface area contributed by atoms with Gasteiger partial charge in [-0.3, -0.25) is 4.79 Å². The summed E-state index contributed by atoms with van der Waals surface area (Å²) in [6, 6.07) is 0. The molecule has 2 aliphatic heterocycles. The number of carbonyl (C=O) groups is 1. The standard InChI is InChI=1S/C22H32O5/c1-11(2)18-15-6-17-21(27-17)10-25-22(24)7-12(3)14(19(21)22)8-20(15,5)9-16(18)26-13(4)23/h11-12,14,16-17,19,24H,6-10H2,1-5H3/t12-,14-,16-,17+,19+,20-,21+,22+/m0/s1. The Morgan fingerprint density at radius 2 is 2.04 bits per heavy atom. The first-order valence-corrected chi connectivity index (χ1v) is 10.5. The van der Waals surface area contributed by atoms with Gasteiger partial charge in [-0.2, -0.15) is 0 Å². The van der Waals surface area contributed by atoms with E-state index in [4.69, 9.17) is 14.2 Å². The Morgan fingerprint density at radius 3 is 2.70 bits per heavy atom. The van der Waals surface area contributed by atoms with Crippen molar-refractivity contribution in [2.24, 2.45) is 29.1 Å². The predicted molar refractivity (Wildman–Crippen MR) is 98.6 cm³/mol. The molecule has 0 aromatic carbocycles. The van der Waals surface area contributed by atoms with Crippen molar-refractivity contribution in [2.75, 3.05) is 6.61 Å². The quantitative estimate of drug-likeness (QED) is 0.455. The molecule has 0 aromatic rings. The zero-order valence-electron chi connectivity index (χ0n) is 17.1. The average Bonchev–Trinajstić information content (AvgIpc) is 2.92. The summed E-state index contributed by atoms with van der Waals surface area (Å²) >= 11 is 0. The lowest BCUT2D eigenvalue weighted by molar-refractivity contribution is -0.187. The van der Waals surface area contributed by atoms with Crippen LogP contribution in [-0.4, -0.2) is 41.3 Å². The molecule has 0 amide bonds. The molecule has 2 heterocycles. The highest BCUT2D eigenvalue weighted by Crippen LogP contribution is 2.69. The van der Waals surface area contributed by atoms with E-state index in [9.17, 15) is 9.90 Å². The van der Waals surface area contributed by atoms with Gasteiger partial charge < -0.3 is 19.3 Å². The van der Waals surface area contributed by atoms with E-state index < -0.39 is 5.79 Å². The van der Waals surface area contributed by atoms with Crippen LogP contribution in [0.3, 0.4) is 0 Å². The SMILES string of the molecule is CC(=O)O[C@H]1C[C@]2(C)C[C@@H]3[C@@H]4[C@]5(CO[C@]4(O)C[C@@H]3C)O[C@@H]5CC2=C1C(C)C. The van der Waals surface area contributed by atoms with Crippen molar-refractivity contribution in [1.82, 2.24) is 0 Å². The third-order valence-corrected chi connectivity index (χ3v) is 8.25. The summed E-state index contributed by atoms with van der Waals surface area (Å²) in [5.74, 6) is -0.0523. The molecule has 5 rings (SSSR count). The first kappa shape index (κ1) is 18.1. The second-order valence-electron chi connectivity index (χ2n) is 10.4. The van der Waals surface area contributed by atoms with Crippen LogP contribution in [0.15, 0.2) is 11.1 Å². The summed E-state index contributed by atoms with van der Waals surface area (Å²) in [4.78, 5) is 11.7. The van der Waals surface area contributed by atoms with Crippen molar-refractivity contribution in [3.8, 4) is 0 Å². The van der Waals surface area contributed by atoms with E-state index in [2.05, 4.69) is 27.7 Å². The average molecular weight is 376 g/mol. The summed E-state index contributed by atoms with van der Waals surface area (Å²) in [5.41, 5.74) is 2.43. The fourth-order valence-electron chi connectivity index (χ4n) is 7.28. The molecular weight excluding hydrogens is 344 g/mol. The van der Waals surface area contributed by atoms with Crippen LogP contribution < -0.4 is 0 Å². The first-order chi connectivity index (χ1) is 12.6. The van der Waals surface area contributed by atoms with Crippen LogP contribution in [0.2, 0.25) is 0 Å². The summed E-state index contributed by atoms with van der Waals surface area (Å²) in [6.07, 6.45) is 3.42. The molecule has 0 aromatic heterocycles. The number of hydrogen-bond donors (Lipinski definition) is 1. The number of epoxide rings is 1. The number of carbonyl (C=O) groups excluding carboxylic acids is 1. The van der Waals surface area contributed by atoms with Crippen LogP contribution in [0.1, 0.15) is 60.3 Å². The number of esters is 1. The number of aliphatic hydroxyl groups is 1. The van der Waals surface area contributed by atoms with E-state index >= 15 is 0 Å². The van der Waals surface area contributed by atoms with Crippen molar-refractivity contribution < 1.29 is 24.1 Å². The molecule has 27 heavy (non-hydrogen) atoms. The molecule has 1 N–H and O–H groups in total. The Labute approximate surface area is 161 Å². The molecule has 8 atom stereocenters. The van der Waals surface area contributed by atoms with Gasteiger partial charge in [0.05, 0.1) is 12.7 Å². The molecule has 5 heteroatoms. The minimum absolute atomic E-state index is 0.00933. The third kappa shape index (κ3) is 2.31. The Morgan fingerprint density at radius 1 is 1.30 bits per heavy atom. The Balaban J connectivity index is 1.59. The minimum atomic E-state index is -1.02. The summed E-state index contributed by atoms with van der Waals surface area (Å²) < 4.78 is 18.0. The zero-order valence-corrected chi connectivity index (χ0v) is 17.1. The normalized spacial score (nSPS) is 52.9. The largest absolute Gasteiger partial charge is 0.458 e. The van der Waals surface area contributed by atoms with E-state index in [1.165, 1.54) is 18.1 Å². The highest BCUT2D eigenvalue weighted by molar-refractivity contribution is 5.66. The smallest absolute Gasteiger partial charge is 0.303 e. The van der Waals surface area contributed by atoms with Crippen LogP contribution in [0, 0.1) is 29.1 Å². The Kier molecular flexibility index (Phi) is 3.61. The first-order valence-electron chi connectivity index (χ1n) is 10.5. The maximum absolute atomic E-state index is 11.7. The monoisotopic (exact) mass is 376 g/mol. The molecule has 4 fully saturated rings. The maximum Gasteiger partial charge on any atom is 0.303 e. The van der Waals surface area contributed by atoms with E-state index in [-0.39, 0.29) is 35.1 Å². The van der Waals surface area contributed by atoms with Gasteiger partial charge in [-0.05, 0) is 48.0 Å². The second-order valence-corrected chi connectivity index (χ2v) is 10.4. The van der Waals surface area contributed by atoms with Crippen LogP contribution in [0.4, 0.5) is 0 Å². The lowest BCUT2D eigenvalue weighted by atomic mass is 9.64. The Bertz CT molecular complexity index is 728. The van der Waals surface area contributed by atoms with Crippen molar-refractivity contribution in [1.29, 1.82) is 0 Å². The molecule has 2 saturated heterocycles. The van der Waals surface area contributed by atoms with Gasteiger partial charge in [-0.25, -0.2) is 0 Å². The fourth-order valence-corrected chi connectivity index (χ4v) is 7.28. The number of hydrogen-bond acceptors (Lipinski definition) is 5. The van der Waals surface area contributed by atoms with E-state index in [1.54, 1.807) is 0 Å². The van der Waals surface area contributed by atoms with Crippen LogP contribution in [0.5, 0.6) is 0 Å². The third-order valence-electron chi connectivity index (χ3n) is 8.25. The molecule has 5 nitrogen and oxygen atoms in total. The predicted octanol–water partition coefficient (Wildman–Crippen LogP) is 3.20. The highest BCUT2D eigenvalue weighted by Gasteiger charge is 2.77. The number of rotatable bonds is 2. The van der Waals surface area contributed by atoms with E-state index in [0.717, 1.165) is 19.3 Å². The van der Waals surface area contributed by atoms with E-state index in [0.29, 0.717) is 30.8 Å². The van der Waals surface area contributed by atoms with Gasteiger partial charge in [-0.1, -0.05) is 33.3 Å². The van der Waals surface area contributed by atoms with Gasteiger partial charge >= 0.3 is 5.97 Å². The Hall–Kier alpha value is -0.910. The van der Waals surface area contributed by atoms with Gasteiger partial charge in [0.2, 0.25) is 0 Å². The summed E-state index contributed by atoms with van der Waals surface area (Å²) in [7, 11) is 0. The molecule has 3 aliphatic carbocycles. The highest BCUT2D eigenvalue weighted by atomic mass is 16.7. The second kappa shape index (κ2) is 5.37. The molecule has 2 saturated carbocycles. The van der Waals surface area contributed by atoms with Gasteiger partial charge in [0.15, 0.2) is 5.79 Å². The van der Waals surface area contributed by atoms with Gasteiger partial charge in [0.25, 0.3) is 0 Å². The van der Waals surface area contributed by atoms with Crippen LogP contribution in [-0.2, 0) is 19.0 Å². The number of fused-ring (bicyclic) bond motifs is 1. The van der Waals surface area contributed by atoms with Crippen molar-refractivity contribution in [2.45, 2.75) is 83.9 Å². The summed E-state index contributed by atoms with van der Waals surface area (Å²) in [6.45, 7) is 11.0. The lowest BCUT2D eigenvalue weighted by Gasteiger charge is -2.38. The van der Waals surface area contributed by atoms with Crippen molar-refractivity contribution >= 4 is 5.97 Å². The molecular formula is C22H32O5. The molecule has 0 bridgehead atoms. The van der Waals surface area contributed by atoms with Crippen LogP contribution in [0.25, 0.3) is 0 Å². The minimum Gasteiger partial charge on any atom is -0.458 e. The summed E-state index contributed by atoms with van der Waals surface area (Å²) in [5, 5.41) is 11.2. The molecule has 150 valence electrons. The van der Waals surface area contributed by atoms with Gasteiger partial charge in [-0.15, -0.1) is 0 Å². The van der Waals surface area contributed by atoms with Crippen molar-refractivity contribution in [3.63, 3.8) is 0 Å². The van der Waals surface area contributed by atoms with E-state index in [1.807, 2.05) is 0 Å². The zero-order chi connectivity index (χ0) is 19.4. The van der Waals surface area contributed by atoms with Crippen molar-refractivity contribution in [3.05, 3.63) is 11.1 Å². The molecule has 0 unspecified atom stereocenters. The van der Waals surface area contributed by atoms with Gasteiger partial charge in [0.1, 0.15) is 11.7 Å². The number of ether oxygens (including phenoxy) is 3. The topological polar surface area (TPSA) is 68.3 Å². The maximum atomic E-state index is 11.7. The van der Waals surface area contributed by atoms with Gasteiger partial charge in [0, 0.05) is 19.3 Å².